The van der Waals surface area contributed by atoms with Gasteiger partial charge in [-0.1, -0.05) is 0 Å². The summed E-state index contributed by atoms with van der Waals surface area (Å²) in [6.45, 7) is 5.31. The van der Waals surface area contributed by atoms with Gasteiger partial charge in [0.1, 0.15) is 5.52 Å². The third-order valence-electron chi connectivity index (χ3n) is 4.25. The summed E-state index contributed by atoms with van der Waals surface area (Å²) in [6.07, 6.45) is 3.84. The van der Waals surface area contributed by atoms with Gasteiger partial charge in [-0.2, -0.15) is 0 Å². The van der Waals surface area contributed by atoms with Crippen molar-refractivity contribution < 1.29 is 4.79 Å². The van der Waals surface area contributed by atoms with Crippen molar-refractivity contribution in [3.05, 3.63) is 23.7 Å². The van der Waals surface area contributed by atoms with Crippen molar-refractivity contribution in [3.63, 3.8) is 0 Å². The summed E-state index contributed by atoms with van der Waals surface area (Å²) in [6, 6.07) is 2.15. The third-order valence-corrected chi connectivity index (χ3v) is 4.25. The second-order valence-electron chi connectivity index (χ2n) is 5.63. The first kappa shape index (κ1) is 13.1. The number of rotatable bonds is 1. The number of piperidine rings is 1. The first-order valence-electron chi connectivity index (χ1n) is 7.10. The van der Waals surface area contributed by atoms with Gasteiger partial charge < -0.3 is 9.47 Å². The van der Waals surface area contributed by atoms with Gasteiger partial charge in [-0.15, -0.1) is 0 Å². The van der Waals surface area contributed by atoms with Gasteiger partial charge in [0, 0.05) is 44.9 Å². The first-order valence-corrected chi connectivity index (χ1v) is 7.10. The monoisotopic (exact) mass is 272 g/mol. The molecular formula is C15H20N4O. The van der Waals surface area contributed by atoms with Crippen molar-refractivity contribution in [2.24, 2.45) is 7.05 Å². The van der Waals surface area contributed by atoms with Crippen LogP contribution in [0.5, 0.6) is 0 Å². The maximum atomic E-state index is 11.4. The number of carbonyl (C=O) groups is 1. The smallest absolute Gasteiger partial charge is 0.219 e. The predicted molar refractivity (Wildman–Crippen MR) is 77.5 cm³/mol. The Morgan fingerprint density at radius 2 is 2.05 bits per heavy atom. The molecule has 0 bridgehead atoms. The van der Waals surface area contributed by atoms with Crippen molar-refractivity contribution in [1.29, 1.82) is 0 Å². The lowest BCUT2D eigenvalue weighted by atomic mass is 9.93. The average molecular weight is 272 g/mol. The highest BCUT2D eigenvalue weighted by Crippen LogP contribution is 2.30. The van der Waals surface area contributed by atoms with Crippen LogP contribution in [0.4, 0.5) is 0 Å². The van der Waals surface area contributed by atoms with Gasteiger partial charge in [0.05, 0.1) is 5.69 Å². The Kier molecular flexibility index (Phi) is 3.20. The van der Waals surface area contributed by atoms with Gasteiger partial charge in [0.2, 0.25) is 5.91 Å². The summed E-state index contributed by atoms with van der Waals surface area (Å²) < 4.78 is 2.16. The second-order valence-corrected chi connectivity index (χ2v) is 5.63. The van der Waals surface area contributed by atoms with Gasteiger partial charge in [0.15, 0.2) is 5.65 Å². The molecule has 0 spiro atoms. The van der Waals surface area contributed by atoms with Crippen LogP contribution in [0, 0.1) is 6.92 Å². The fraction of sp³-hybridized carbons (Fsp3) is 0.533. The molecule has 1 amide bonds. The molecular weight excluding hydrogens is 252 g/mol. The van der Waals surface area contributed by atoms with E-state index in [9.17, 15) is 4.79 Å². The van der Waals surface area contributed by atoms with Crippen molar-refractivity contribution in [1.82, 2.24) is 19.4 Å². The summed E-state index contributed by atoms with van der Waals surface area (Å²) in [7, 11) is 2.06. The minimum atomic E-state index is 0.180. The van der Waals surface area contributed by atoms with E-state index in [4.69, 9.17) is 0 Å². The van der Waals surface area contributed by atoms with Gasteiger partial charge in [-0.25, -0.2) is 4.98 Å². The van der Waals surface area contributed by atoms with Gasteiger partial charge >= 0.3 is 0 Å². The molecule has 2 aromatic rings. The topological polar surface area (TPSA) is 51.0 Å². The highest BCUT2D eigenvalue weighted by molar-refractivity contribution is 5.74. The number of aryl methyl sites for hydroxylation is 2. The summed E-state index contributed by atoms with van der Waals surface area (Å²) >= 11 is 0. The molecule has 0 aromatic carbocycles. The third kappa shape index (κ3) is 2.17. The normalized spacial score (nSPS) is 16.9. The summed E-state index contributed by atoms with van der Waals surface area (Å²) in [5, 5.41) is 0. The molecule has 0 N–H and O–H groups in total. The molecule has 1 aliphatic heterocycles. The zero-order valence-electron chi connectivity index (χ0n) is 12.3. The number of hydrogen-bond donors (Lipinski definition) is 0. The number of carbonyl (C=O) groups excluding carboxylic acids is 1. The van der Waals surface area contributed by atoms with Crippen LogP contribution in [0.15, 0.2) is 12.3 Å². The molecule has 20 heavy (non-hydrogen) atoms. The van der Waals surface area contributed by atoms with Crippen LogP contribution < -0.4 is 0 Å². The number of hydrogen-bond acceptors (Lipinski definition) is 3. The molecule has 1 saturated heterocycles. The van der Waals surface area contributed by atoms with Crippen molar-refractivity contribution >= 4 is 17.1 Å². The van der Waals surface area contributed by atoms with E-state index in [0.29, 0.717) is 5.92 Å². The number of fused-ring (bicyclic) bond motifs is 1. The second kappa shape index (κ2) is 4.89. The Morgan fingerprint density at radius 1 is 1.35 bits per heavy atom. The van der Waals surface area contributed by atoms with Gasteiger partial charge in [-0.05, 0) is 25.8 Å². The summed E-state index contributed by atoms with van der Waals surface area (Å²) in [5.41, 5.74) is 4.14. The van der Waals surface area contributed by atoms with Crippen LogP contribution in [0.2, 0.25) is 0 Å². The lowest BCUT2D eigenvalue weighted by Crippen LogP contribution is -2.36. The number of amides is 1. The van der Waals surface area contributed by atoms with Crippen molar-refractivity contribution in [3.8, 4) is 0 Å². The quantitative estimate of drug-likeness (QED) is 0.798. The minimum absolute atomic E-state index is 0.180. The molecule has 0 atom stereocenters. The number of aromatic nitrogens is 3. The molecule has 5 heteroatoms. The molecule has 1 aliphatic rings. The van der Waals surface area contributed by atoms with Crippen LogP contribution in [0.3, 0.4) is 0 Å². The van der Waals surface area contributed by atoms with E-state index in [-0.39, 0.29) is 5.91 Å². The molecule has 3 rings (SSSR count). The molecule has 0 aliphatic carbocycles. The van der Waals surface area contributed by atoms with Crippen LogP contribution in [0.1, 0.15) is 37.1 Å². The molecule has 1 fully saturated rings. The molecule has 106 valence electrons. The predicted octanol–water partition coefficient (Wildman–Crippen LogP) is 2.00. The fourth-order valence-electron chi connectivity index (χ4n) is 3.06. The fourth-order valence-corrected chi connectivity index (χ4v) is 3.06. The first-order chi connectivity index (χ1) is 9.56. The van der Waals surface area contributed by atoms with Crippen molar-refractivity contribution in [2.75, 3.05) is 13.1 Å². The molecule has 2 aromatic heterocycles. The number of likely N-dealkylation sites (tertiary alicyclic amines) is 1. The standard InChI is InChI=1S/C15H20N4O/c1-10-9-16-13-8-14(18(3)15(13)17-10)12-4-6-19(7-5-12)11(2)20/h8-9,12H,4-7H2,1-3H3. The maximum absolute atomic E-state index is 11.4. The maximum Gasteiger partial charge on any atom is 0.219 e. The van der Waals surface area contributed by atoms with E-state index in [2.05, 4.69) is 27.6 Å². The summed E-state index contributed by atoms with van der Waals surface area (Å²) in [4.78, 5) is 22.3. The van der Waals surface area contributed by atoms with E-state index >= 15 is 0 Å². The Labute approximate surface area is 118 Å². The van der Waals surface area contributed by atoms with Crippen LogP contribution in [-0.4, -0.2) is 38.4 Å². The zero-order chi connectivity index (χ0) is 14.3. The molecule has 5 nitrogen and oxygen atoms in total. The van der Waals surface area contributed by atoms with Gasteiger partial charge in [0.25, 0.3) is 0 Å². The molecule has 0 radical (unpaired) electrons. The lowest BCUT2D eigenvalue weighted by Gasteiger charge is -2.31. The largest absolute Gasteiger partial charge is 0.343 e. The zero-order valence-corrected chi connectivity index (χ0v) is 12.3. The Morgan fingerprint density at radius 3 is 2.70 bits per heavy atom. The van der Waals surface area contributed by atoms with E-state index in [1.54, 1.807) is 6.92 Å². The Balaban J connectivity index is 1.88. The van der Waals surface area contributed by atoms with Crippen LogP contribution >= 0.6 is 0 Å². The molecule has 0 saturated carbocycles. The SMILES string of the molecule is CC(=O)N1CCC(c2cc3ncc(C)nc3n2C)CC1. The highest BCUT2D eigenvalue weighted by Gasteiger charge is 2.24. The van der Waals surface area contributed by atoms with Crippen LogP contribution in [-0.2, 0) is 11.8 Å². The average Bonchev–Trinajstić information content (AvgIpc) is 2.76. The Bertz CT molecular complexity index is 653. The Hall–Kier alpha value is -1.91. The highest BCUT2D eigenvalue weighted by atomic mass is 16.2. The van der Waals surface area contributed by atoms with E-state index < -0.39 is 0 Å². The molecule has 3 heterocycles. The summed E-state index contributed by atoms with van der Waals surface area (Å²) in [5.74, 6) is 0.673. The molecule has 0 unspecified atom stereocenters. The van der Waals surface area contributed by atoms with Crippen molar-refractivity contribution in [2.45, 2.75) is 32.6 Å². The van der Waals surface area contributed by atoms with E-state index in [1.165, 1.54) is 5.69 Å². The number of nitrogens with zero attached hydrogens (tertiary/aromatic N) is 4. The van der Waals surface area contributed by atoms with E-state index in [0.717, 1.165) is 42.8 Å². The minimum Gasteiger partial charge on any atom is -0.343 e. The lowest BCUT2D eigenvalue weighted by molar-refractivity contribution is -0.129. The van der Waals surface area contributed by atoms with Gasteiger partial charge in [-0.3, -0.25) is 9.78 Å². The van der Waals surface area contributed by atoms with Crippen LogP contribution in [0.25, 0.3) is 11.2 Å². The van der Waals surface area contributed by atoms with E-state index in [1.807, 2.05) is 18.0 Å².